The number of carboxylic acid groups (broad SMARTS) is 1. The second kappa shape index (κ2) is 12.9. The summed E-state index contributed by atoms with van der Waals surface area (Å²) in [4.78, 5) is 70.6. The standard InChI is InChI=1S/C25H29N9O7S3/c1-34(6-4-5-7-34)8-12-9-42-22-17(21(37)33(22)18(12)23(38)39)29-19(35)16(32-41-3)14-11-44-25(28-14)30-20(36)15(31-40-2)13-10-43-24(26)27-13/h10-11,17,22H,4-9H2,1-3H3,(H4-,26,27,28,29,30,35,36,38,39)/b31-15-,32-16-/t17-,22-/m1/s1. The van der Waals surface area contributed by atoms with Crippen molar-refractivity contribution in [3.05, 3.63) is 33.4 Å². The third kappa shape index (κ3) is 6.26. The molecule has 0 aliphatic carbocycles. The van der Waals surface area contributed by atoms with Gasteiger partial charge in [0.2, 0.25) is 0 Å². The molecule has 0 unspecified atom stereocenters. The number of carbonyl (C=O) groups is 4. The van der Waals surface area contributed by atoms with Crippen LogP contribution in [-0.4, -0.2) is 113 Å². The maximum absolute atomic E-state index is 13.3. The Labute approximate surface area is 263 Å². The van der Waals surface area contributed by atoms with Gasteiger partial charge < -0.3 is 35.1 Å². The Morgan fingerprint density at radius 2 is 1.73 bits per heavy atom. The first-order chi connectivity index (χ1) is 21.0. The molecule has 2 aromatic heterocycles. The quantitative estimate of drug-likeness (QED) is 0.117. The molecule has 2 aromatic rings. The molecule has 44 heavy (non-hydrogen) atoms. The summed E-state index contributed by atoms with van der Waals surface area (Å²) in [5, 5.41) is 27.6. The van der Waals surface area contributed by atoms with Crippen LogP contribution in [0, 0.1) is 0 Å². The van der Waals surface area contributed by atoms with Crippen LogP contribution in [0.4, 0.5) is 10.3 Å². The Morgan fingerprint density at radius 1 is 1.09 bits per heavy atom. The molecule has 5 rings (SSSR count). The van der Waals surface area contributed by atoms with E-state index >= 15 is 0 Å². The second-order valence-corrected chi connectivity index (χ2v) is 13.2. The summed E-state index contributed by atoms with van der Waals surface area (Å²) in [5.41, 5.74) is 6.09. The molecule has 2 fully saturated rings. The van der Waals surface area contributed by atoms with Crippen LogP contribution in [0.15, 0.2) is 32.3 Å². The molecular formula is C25H29N9O7S3. The molecule has 0 bridgehead atoms. The van der Waals surface area contributed by atoms with Crippen LogP contribution in [-0.2, 0) is 28.9 Å². The molecule has 0 saturated carbocycles. The van der Waals surface area contributed by atoms with Crippen molar-refractivity contribution in [2.45, 2.75) is 24.3 Å². The molecule has 19 heteroatoms. The van der Waals surface area contributed by atoms with Crippen LogP contribution < -0.4 is 21.5 Å². The van der Waals surface area contributed by atoms with Crippen LogP contribution in [0.3, 0.4) is 0 Å². The van der Waals surface area contributed by atoms with Gasteiger partial charge in [0, 0.05) is 34.9 Å². The molecule has 0 spiro atoms. The van der Waals surface area contributed by atoms with Gasteiger partial charge in [-0.1, -0.05) is 10.3 Å². The highest BCUT2D eigenvalue weighted by atomic mass is 32.2. The van der Waals surface area contributed by atoms with Crippen LogP contribution in [0.2, 0.25) is 0 Å². The highest BCUT2D eigenvalue weighted by Crippen LogP contribution is 2.41. The van der Waals surface area contributed by atoms with Crippen molar-refractivity contribution in [1.29, 1.82) is 0 Å². The van der Waals surface area contributed by atoms with E-state index in [0.29, 0.717) is 22.4 Å². The van der Waals surface area contributed by atoms with Crippen LogP contribution in [0.5, 0.6) is 0 Å². The van der Waals surface area contributed by atoms with E-state index in [1.54, 1.807) is 5.38 Å². The third-order valence-electron chi connectivity index (χ3n) is 7.27. The number of nitrogens with zero attached hydrogens (tertiary/aromatic N) is 6. The fourth-order valence-electron chi connectivity index (χ4n) is 5.30. The number of carboxylic acids is 1. The van der Waals surface area contributed by atoms with Crippen molar-refractivity contribution in [3.8, 4) is 0 Å². The minimum Gasteiger partial charge on any atom is -0.543 e. The van der Waals surface area contributed by atoms with Crippen LogP contribution in [0.1, 0.15) is 24.2 Å². The maximum Gasteiger partial charge on any atom is 0.281 e. The highest BCUT2D eigenvalue weighted by molar-refractivity contribution is 8.00. The van der Waals surface area contributed by atoms with E-state index in [2.05, 4.69) is 38.0 Å². The summed E-state index contributed by atoms with van der Waals surface area (Å²) in [7, 11) is 4.60. The SMILES string of the molecule is CO/N=C(\C(=O)Nc1nc(/C(=N/OC)C(=O)N[C@@H]2C(=O)N3C(C(=O)[O-])=C(C[N+]4(C)CCCC4)CS[C@H]23)cs1)c1csc(N)n1. The third-order valence-corrected chi connectivity index (χ3v) is 10.0. The number of fused-ring (bicyclic) bond motifs is 1. The number of rotatable bonds is 11. The number of thioether (sulfide) groups is 1. The number of nitrogens with one attached hydrogen (secondary N) is 2. The molecule has 3 aliphatic rings. The number of amides is 3. The predicted molar refractivity (Wildman–Crippen MR) is 161 cm³/mol. The molecular weight excluding hydrogens is 635 g/mol. The predicted octanol–water partition coefficient (Wildman–Crippen LogP) is -0.834. The highest BCUT2D eigenvalue weighted by Gasteiger charge is 2.53. The molecule has 3 amide bonds. The van der Waals surface area contributed by atoms with Crippen molar-refractivity contribution in [1.82, 2.24) is 20.2 Å². The van der Waals surface area contributed by atoms with Gasteiger partial charge in [-0.2, -0.15) is 0 Å². The first kappa shape index (κ1) is 31.4. The van der Waals surface area contributed by atoms with Crippen LogP contribution in [0.25, 0.3) is 0 Å². The molecule has 2 saturated heterocycles. The van der Waals surface area contributed by atoms with Gasteiger partial charge in [-0.15, -0.1) is 34.4 Å². The number of nitrogen functional groups attached to an aromatic ring is 1. The van der Waals surface area contributed by atoms with Crippen molar-refractivity contribution in [3.63, 3.8) is 0 Å². The number of nitrogens with two attached hydrogens (primary N) is 1. The molecule has 16 nitrogen and oxygen atoms in total. The number of hydrogen-bond acceptors (Lipinski definition) is 15. The lowest BCUT2D eigenvalue weighted by Crippen LogP contribution is -2.71. The fourth-order valence-corrected chi connectivity index (χ4v) is 7.88. The normalized spacial score (nSPS) is 21.4. The maximum atomic E-state index is 13.3. The van der Waals surface area contributed by atoms with Crippen molar-refractivity contribution < 1.29 is 38.4 Å². The van der Waals surface area contributed by atoms with Gasteiger partial charge in [0.15, 0.2) is 21.7 Å². The molecule has 234 valence electrons. The van der Waals surface area contributed by atoms with E-state index in [9.17, 15) is 24.3 Å². The number of aromatic nitrogens is 2. The fraction of sp³-hybridized carbons (Fsp3) is 0.440. The van der Waals surface area contributed by atoms with Crippen LogP contribution >= 0.6 is 34.4 Å². The van der Waals surface area contributed by atoms with E-state index in [-0.39, 0.29) is 38.8 Å². The lowest BCUT2D eigenvalue weighted by molar-refractivity contribution is -0.893. The zero-order valence-electron chi connectivity index (χ0n) is 23.9. The van der Waals surface area contributed by atoms with E-state index in [4.69, 9.17) is 15.4 Å². The van der Waals surface area contributed by atoms with Crippen molar-refractivity contribution in [2.75, 3.05) is 57.7 Å². The zero-order chi connectivity index (χ0) is 31.6. The number of β-lactam (4-membered cyclic amide) rings is 1. The number of anilines is 2. The monoisotopic (exact) mass is 663 g/mol. The Morgan fingerprint density at radius 3 is 2.34 bits per heavy atom. The number of likely N-dealkylation sites (tertiary alicyclic amines) is 1. The van der Waals surface area contributed by atoms with Gasteiger partial charge in [-0.25, -0.2) is 9.97 Å². The summed E-state index contributed by atoms with van der Waals surface area (Å²) < 4.78 is 0.715. The molecule has 3 aliphatic heterocycles. The summed E-state index contributed by atoms with van der Waals surface area (Å²) in [6.07, 6.45) is 2.14. The van der Waals surface area contributed by atoms with Gasteiger partial charge in [0.25, 0.3) is 17.7 Å². The largest absolute Gasteiger partial charge is 0.543 e. The minimum atomic E-state index is -1.41. The lowest BCUT2D eigenvalue weighted by atomic mass is 10.0. The minimum absolute atomic E-state index is 0.0629. The molecule has 5 heterocycles. The number of hydrogen-bond donors (Lipinski definition) is 3. The van der Waals surface area contributed by atoms with Crippen molar-refractivity contribution >= 4 is 79.8 Å². The Hall–Kier alpha value is -4.07. The number of carbonyl (C=O) groups excluding carboxylic acids is 4. The van der Waals surface area contributed by atoms with Gasteiger partial charge in [0.05, 0.1) is 31.8 Å². The zero-order valence-corrected chi connectivity index (χ0v) is 26.3. The van der Waals surface area contributed by atoms with Gasteiger partial charge >= 0.3 is 0 Å². The molecule has 0 radical (unpaired) electrons. The second-order valence-electron chi connectivity index (χ2n) is 10.3. The number of aliphatic carboxylic acids is 1. The Kier molecular flexibility index (Phi) is 9.18. The Balaban J connectivity index is 1.28. The van der Waals surface area contributed by atoms with E-state index < -0.39 is 35.1 Å². The van der Waals surface area contributed by atoms with Gasteiger partial charge in [-0.05, 0) is 0 Å². The summed E-state index contributed by atoms with van der Waals surface area (Å²) in [6, 6.07) is -1.00. The topological polar surface area (TPSA) is 214 Å². The summed E-state index contributed by atoms with van der Waals surface area (Å²) >= 11 is 3.51. The molecule has 4 N–H and O–H groups in total. The van der Waals surface area contributed by atoms with E-state index in [0.717, 1.165) is 48.6 Å². The first-order valence-corrected chi connectivity index (χ1v) is 16.1. The van der Waals surface area contributed by atoms with Gasteiger partial charge in [0.1, 0.15) is 43.6 Å². The first-order valence-electron chi connectivity index (χ1n) is 13.3. The number of quaternary nitrogens is 1. The summed E-state index contributed by atoms with van der Waals surface area (Å²) in [5.74, 6) is -3.03. The Bertz CT molecular complexity index is 1580. The number of thiazole rings is 2. The van der Waals surface area contributed by atoms with E-state index in [1.165, 1.54) is 36.3 Å². The number of likely N-dealkylation sites (N-methyl/N-ethyl adjacent to an activating group) is 1. The molecule has 0 aromatic carbocycles. The van der Waals surface area contributed by atoms with Crippen molar-refractivity contribution in [2.24, 2.45) is 10.3 Å². The van der Waals surface area contributed by atoms with E-state index in [1.807, 2.05) is 0 Å². The molecule has 2 atom stereocenters. The smallest absolute Gasteiger partial charge is 0.281 e. The lowest BCUT2D eigenvalue weighted by Gasteiger charge is -2.51. The van der Waals surface area contributed by atoms with Gasteiger partial charge in [-0.3, -0.25) is 24.6 Å². The average Bonchev–Trinajstić information content (AvgIpc) is 3.74. The average molecular weight is 664 g/mol. The number of oxime groups is 2. The summed E-state index contributed by atoms with van der Waals surface area (Å²) in [6.45, 7) is 2.40.